The molecule has 0 saturated heterocycles. The molecule has 0 spiro atoms. The Bertz CT molecular complexity index is 1230. The second kappa shape index (κ2) is 8.93. The summed E-state index contributed by atoms with van der Waals surface area (Å²) >= 11 is 0. The average Bonchev–Trinajstić information content (AvgIpc) is 2.77. The molecule has 4 rings (SSSR count). The largest absolute Gasteiger partial charge is 0.452 e. The summed E-state index contributed by atoms with van der Waals surface area (Å²) < 4.78 is 19.0. The quantitative estimate of drug-likeness (QED) is 0.526. The molecule has 1 aromatic heterocycles. The normalized spacial score (nSPS) is 15.7. The summed E-state index contributed by atoms with van der Waals surface area (Å²) in [5.41, 5.74) is 4.28. The molecular formula is C27H29FN2O3. The zero-order chi connectivity index (χ0) is 23.8. The topological polar surface area (TPSA) is 68.3 Å². The molecular weight excluding hydrogens is 419 g/mol. The maximum absolute atomic E-state index is 13.5. The number of amides is 1. The van der Waals surface area contributed by atoms with Gasteiger partial charge in [-0.25, -0.2) is 9.18 Å². The summed E-state index contributed by atoms with van der Waals surface area (Å²) in [5.74, 6) is -1.09. The van der Waals surface area contributed by atoms with Gasteiger partial charge in [0.25, 0.3) is 5.91 Å². The third-order valence-corrected chi connectivity index (χ3v) is 6.50. The van der Waals surface area contributed by atoms with E-state index in [2.05, 4.69) is 26.1 Å². The number of esters is 1. The molecule has 0 bridgehead atoms. The van der Waals surface area contributed by atoms with E-state index in [9.17, 15) is 14.0 Å². The summed E-state index contributed by atoms with van der Waals surface area (Å²) in [6.45, 7) is 7.96. The number of aromatic nitrogens is 1. The lowest BCUT2D eigenvalue weighted by Crippen LogP contribution is -2.29. The Kier molecular flexibility index (Phi) is 6.19. The molecule has 0 aliphatic heterocycles. The van der Waals surface area contributed by atoms with Gasteiger partial charge < -0.3 is 10.1 Å². The van der Waals surface area contributed by atoms with Crippen molar-refractivity contribution in [3.05, 3.63) is 70.7 Å². The van der Waals surface area contributed by atoms with Gasteiger partial charge in [-0.2, -0.15) is 0 Å². The lowest BCUT2D eigenvalue weighted by Gasteiger charge is -2.35. The third kappa shape index (κ3) is 4.90. The van der Waals surface area contributed by atoms with Gasteiger partial charge in [-0.15, -0.1) is 0 Å². The molecule has 0 saturated carbocycles. The van der Waals surface area contributed by atoms with Gasteiger partial charge in [0.2, 0.25) is 0 Å². The number of anilines is 1. The van der Waals surface area contributed by atoms with Gasteiger partial charge in [0, 0.05) is 16.8 Å². The first kappa shape index (κ1) is 22.9. The molecule has 1 atom stereocenters. The Balaban J connectivity index is 1.60. The van der Waals surface area contributed by atoms with E-state index >= 15 is 0 Å². The lowest BCUT2D eigenvalue weighted by molar-refractivity contribution is -0.119. The van der Waals surface area contributed by atoms with E-state index in [0.29, 0.717) is 17.2 Å². The van der Waals surface area contributed by atoms with Gasteiger partial charge in [0.05, 0.1) is 11.1 Å². The maximum atomic E-state index is 13.5. The number of ether oxygens (including phenoxy) is 1. The summed E-state index contributed by atoms with van der Waals surface area (Å²) in [6, 6.07) is 11.7. The highest BCUT2D eigenvalue weighted by atomic mass is 19.1. The van der Waals surface area contributed by atoms with Crippen molar-refractivity contribution in [3.63, 3.8) is 0 Å². The number of nitrogens with zero attached hydrogens (tertiary/aromatic N) is 1. The second-order valence-corrected chi connectivity index (χ2v) is 9.82. The lowest BCUT2D eigenvalue weighted by atomic mass is 9.70. The molecule has 3 aromatic rings. The van der Waals surface area contributed by atoms with Crippen molar-refractivity contribution in [2.45, 2.75) is 47.0 Å². The van der Waals surface area contributed by atoms with Crippen LogP contribution in [0.15, 0.2) is 42.5 Å². The van der Waals surface area contributed by atoms with E-state index < -0.39 is 24.3 Å². The standard InChI is InChI=1S/C27H29FN2O3/c1-16-9-11-18(28)14-23(16)30-24(31)15-33-26(32)25-19-7-5-6-8-21(19)29-22-12-10-17(13-20(22)25)27(2,3)4/h5-9,11,14,17H,10,12-13,15H2,1-4H3,(H,30,31). The predicted molar refractivity (Wildman–Crippen MR) is 127 cm³/mol. The first-order valence-electron chi connectivity index (χ1n) is 11.3. The molecule has 6 heteroatoms. The molecule has 1 unspecified atom stereocenters. The molecule has 0 fully saturated rings. The zero-order valence-electron chi connectivity index (χ0n) is 19.5. The fraction of sp³-hybridized carbons (Fsp3) is 0.370. The highest BCUT2D eigenvalue weighted by molar-refractivity contribution is 6.06. The van der Waals surface area contributed by atoms with E-state index in [4.69, 9.17) is 9.72 Å². The van der Waals surface area contributed by atoms with Crippen molar-refractivity contribution in [2.75, 3.05) is 11.9 Å². The fourth-order valence-electron chi connectivity index (χ4n) is 4.48. The molecule has 33 heavy (non-hydrogen) atoms. The molecule has 2 aromatic carbocycles. The molecule has 1 N–H and O–H groups in total. The van der Waals surface area contributed by atoms with Crippen molar-refractivity contribution >= 4 is 28.5 Å². The molecule has 5 nitrogen and oxygen atoms in total. The summed E-state index contributed by atoms with van der Waals surface area (Å²) in [5, 5.41) is 3.35. The number of rotatable bonds is 4. The number of nitrogens with one attached hydrogen (secondary N) is 1. The van der Waals surface area contributed by atoms with E-state index in [1.54, 1.807) is 13.0 Å². The van der Waals surface area contributed by atoms with Gasteiger partial charge in [-0.1, -0.05) is 45.0 Å². The van der Waals surface area contributed by atoms with Crippen molar-refractivity contribution in [1.82, 2.24) is 4.98 Å². The molecule has 1 aliphatic rings. The zero-order valence-corrected chi connectivity index (χ0v) is 19.5. The van der Waals surface area contributed by atoms with Crippen molar-refractivity contribution < 1.29 is 18.7 Å². The number of halogens is 1. The predicted octanol–water partition coefficient (Wildman–Crippen LogP) is 5.63. The monoisotopic (exact) mass is 448 g/mol. The second-order valence-electron chi connectivity index (χ2n) is 9.82. The van der Waals surface area contributed by atoms with Crippen LogP contribution in [0.25, 0.3) is 10.9 Å². The Labute approximate surface area is 193 Å². The minimum atomic E-state index is -0.537. The van der Waals surface area contributed by atoms with Crippen LogP contribution >= 0.6 is 0 Å². The van der Waals surface area contributed by atoms with Crippen LogP contribution in [0.2, 0.25) is 0 Å². The number of para-hydroxylation sites is 1. The average molecular weight is 449 g/mol. The highest BCUT2D eigenvalue weighted by Gasteiger charge is 2.33. The highest BCUT2D eigenvalue weighted by Crippen LogP contribution is 2.39. The van der Waals surface area contributed by atoms with Gasteiger partial charge in [-0.3, -0.25) is 9.78 Å². The Morgan fingerprint density at radius 2 is 1.94 bits per heavy atom. The number of hydrogen-bond acceptors (Lipinski definition) is 4. The minimum absolute atomic E-state index is 0.104. The number of benzene rings is 2. The number of hydrogen-bond donors (Lipinski definition) is 1. The van der Waals surface area contributed by atoms with Crippen LogP contribution in [0.5, 0.6) is 0 Å². The molecule has 1 heterocycles. The maximum Gasteiger partial charge on any atom is 0.339 e. The number of carbonyl (C=O) groups is 2. The van der Waals surface area contributed by atoms with Crippen molar-refractivity contribution in [3.8, 4) is 0 Å². The van der Waals surface area contributed by atoms with Crippen LogP contribution in [0, 0.1) is 24.1 Å². The van der Waals surface area contributed by atoms with Crippen LogP contribution in [-0.2, 0) is 22.4 Å². The van der Waals surface area contributed by atoms with E-state index in [1.165, 1.54) is 12.1 Å². The van der Waals surface area contributed by atoms with E-state index in [0.717, 1.165) is 47.0 Å². The summed E-state index contributed by atoms with van der Waals surface area (Å²) in [7, 11) is 0. The first-order chi connectivity index (χ1) is 15.6. The van der Waals surface area contributed by atoms with Crippen LogP contribution in [0.4, 0.5) is 10.1 Å². The van der Waals surface area contributed by atoms with Gasteiger partial charge >= 0.3 is 5.97 Å². The van der Waals surface area contributed by atoms with Crippen LogP contribution in [0.3, 0.4) is 0 Å². The van der Waals surface area contributed by atoms with Crippen LogP contribution < -0.4 is 5.32 Å². The van der Waals surface area contributed by atoms with Crippen molar-refractivity contribution in [1.29, 1.82) is 0 Å². The van der Waals surface area contributed by atoms with E-state index in [-0.39, 0.29) is 5.41 Å². The SMILES string of the molecule is Cc1ccc(F)cc1NC(=O)COC(=O)c1c2c(nc3ccccc13)CCC(C(C)(C)C)C2. The fourth-order valence-corrected chi connectivity index (χ4v) is 4.48. The number of pyridine rings is 1. The Hall–Kier alpha value is -3.28. The molecule has 1 amide bonds. The summed E-state index contributed by atoms with van der Waals surface area (Å²) in [4.78, 5) is 30.5. The Morgan fingerprint density at radius 1 is 1.18 bits per heavy atom. The minimum Gasteiger partial charge on any atom is -0.452 e. The van der Waals surface area contributed by atoms with Crippen LogP contribution in [-0.4, -0.2) is 23.5 Å². The first-order valence-corrected chi connectivity index (χ1v) is 11.3. The number of fused-ring (bicyclic) bond motifs is 2. The number of aryl methyl sites for hydroxylation is 2. The van der Waals surface area contributed by atoms with Gasteiger partial charge in [-0.05, 0) is 66.8 Å². The van der Waals surface area contributed by atoms with E-state index in [1.807, 2.05) is 24.3 Å². The van der Waals surface area contributed by atoms with Crippen LogP contribution in [0.1, 0.15) is 54.4 Å². The molecule has 172 valence electrons. The Morgan fingerprint density at radius 3 is 2.70 bits per heavy atom. The van der Waals surface area contributed by atoms with Gasteiger partial charge in [0.1, 0.15) is 5.82 Å². The third-order valence-electron chi connectivity index (χ3n) is 6.50. The van der Waals surface area contributed by atoms with Crippen molar-refractivity contribution in [2.24, 2.45) is 11.3 Å². The number of carbonyl (C=O) groups excluding carboxylic acids is 2. The van der Waals surface area contributed by atoms with Gasteiger partial charge in [0.15, 0.2) is 6.61 Å². The smallest absolute Gasteiger partial charge is 0.339 e. The molecule has 0 radical (unpaired) electrons. The summed E-state index contributed by atoms with van der Waals surface area (Å²) in [6.07, 6.45) is 2.57. The molecule has 1 aliphatic carbocycles.